The first-order chi connectivity index (χ1) is 12.3. The molecule has 1 N–H and O–H groups in total. The van der Waals surface area contributed by atoms with Crippen LogP contribution in [0.15, 0.2) is 79.1 Å². The van der Waals surface area contributed by atoms with Crippen LogP contribution in [0.1, 0.15) is 15.2 Å². The van der Waals surface area contributed by atoms with E-state index in [1.807, 2.05) is 66.9 Å². The monoisotopic (exact) mass is 344 g/mol. The fourth-order valence-electron chi connectivity index (χ4n) is 2.76. The number of fused-ring (bicyclic) bond motifs is 1. The van der Waals surface area contributed by atoms with Crippen molar-refractivity contribution >= 4 is 27.3 Å². The molecular weight excluding hydrogens is 328 g/mol. The van der Waals surface area contributed by atoms with Gasteiger partial charge in [0.15, 0.2) is 0 Å². The zero-order chi connectivity index (χ0) is 17.1. The molecule has 2 aromatic heterocycles. The largest absolute Gasteiger partial charge is 0.347 e. The molecule has 122 valence electrons. The standard InChI is InChI=1S/C21H16N2OS/c24-21(20-12-17-6-1-2-9-19(17)25-20)23-13-15-5-3-7-16(11-15)18-8-4-10-22-14-18/h1-12,14H,13H2,(H,23,24). The summed E-state index contributed by atoms with van der Waals surface area (Å²) in [5.41, 5.74) is 3.23. The van der Waals surface area contributed by atoms with Gasteiger partial charge in [-0.05, 0) is 46.3 Å². The molecule has 0 fully saturated rings. The minimum Gasteiger partial charge on any atom is -0.347 e. The fraction of sp³-hybridized carbons (Fsp3) is 0.0476. The number of hydrogen-bond acceptors (Lipinski definition) is 3. The summed E-state index contributed by atoms with van der Waals surface area (Å²) in [5.74, 6) is -0.0343. The van der Waals surface area contributed by atoms with Crippen LogP contribution in [0, 0.1) is 0 Å². The van der Waals surface area contributed by atoms with Crippen molar-refractivity contribution in [2.45, 2.75) is 6.54 Å². The molecule has 0 aliphatic carbocycles. The van der Waals surface area contributed by atoms with Gasteiger partial charge >= 0.3 is 0 Å². The highest BCUT2D eigenvalue weighted by atomic mass is 32.1. The van der Waals surface area contributed by atoms with Crippen LogP contribution in [-0.2, 0) is 6.54 Å². The fourth-order valence-corrected chi connectivity index (χ4v) is 3.74. The Balaban J connectivity index is 1.48. The van der Waals surface area contributed by atoms with E-state index in [4.69, 9.17) is 0 Å². The number of nitrogens with zero attached hydrogens (tertiary/aromatic N) is 1. The number of amides is 1. The van der Waals surface area contributed by atoms with Crippen LogP contribution < -0.4 is 5.32 Å². The molecule has 0 saturated heterocycles. The van der Waals surface area contributed by atoms with Crippen molar-refractivity contribution in [2.24, 2.45) is 0 Å². The number of carbonyl (C=O) groups excluding carboxylic acids is 1. The molecule has 2 aromatic carbocycles. The highest BCUT2D eigenvalue weighted by Crippen LogP contribution is 2.25. The number of aromatic nitrogens is 1. The highest BCUT2D eigenvalue weighted by molar-refractivity contribution is 7.20. The molecule has 0 aliphatic heterocycles. The van der Waals surface area contributed by atoms with E-state index in [9.17, 15) is 4.79 Å². The summed E-state index contributed by atoms with van der Waals surface area (Å²) < 4.78 is 1.13. The third-order valence-electron chi connectivity index (χ3n) is 4.02. The minimum atomic E-state index is -0.0343. The third kappa shape index (κ3) is 3.44. The quantitative estimate of drug-likeness (QED) is 0.572. The Labute approximate surface area is 150 Å². The molecule has 4 heteroatoms. The number of thiophene rings is 1. The van der Waals surface area contributed by atoms with Gasteiger partial charge in [-0.1, -0.05) is 42.5 Å². The Morgan fingerprint density at radius 3 is 2.68 bits per heavy atom. The van der Waals surface area contributed by atoms with Crippen molar-refractivity contribution in [1.29, 1.82) is 0 Å². The van der Waals surface area contributed by atoms with Gasteiger partial charge in [0, 0.05) is 23.6 Å². The van der Waals surface area contributed by atoms with Gasteiger partial charge in [0.05, 0.1) is 4.88 Å². The van der Waals surface area contributed by atoms with Crippen LogP contribution in [0.4, 0.5) is 0 Å². The van der Waals surface area contributed by atoms with Crippen LogP contribution in [0.25, 0.3) is 21.2 Å². The van der Waals surface area contributed by atoms with Crippen molar-refractivity contribution in [2.75, 3.05) is 0 Å². The van der Waals surface area contributed by atoms with Crippen molar-refractivity contribution in [3.8, 4) is 11.1 Å². The molecule has 2 heterocycles. The van der Waals surface area contributed by atoms with E-state index >= 15 is 0 Å². The number of carbonyl (C=O) groups is 1. The Morgan fingerprint density at radius 1 is 0.960 bits per heavy atom. The van der Waals surface area contributed by atoms with E-state index in [-0.39, 0.29) is 5.91 Å². The van der Waals surface area contributed by atoms with Crippen molar-refractivity contribution in [3.63, 3.8) is 0 Å². The van der Waals surface area contributed by atoms with Crippen LogP contribution in [-0.4, -0.2) is 10.9 Å². The summed E-state index contributed by atoms with van der Waals surface area (Å²) in [6, 6.07) is 22.1. The van der Waals surface area contributed by atoms with E-state index < -0.39 is 0 Å². The summed E-state index contributed by atoms with van der Waals surface area (Å²) >= 11 is 1.52. The van der Waals surface area contributed by atoms with Crippen LogP contribution in [0.2, 0.25) is 0 Å². The van der Waals surface area contributed by atoms with E-state index in [2.05, 4.69) is 16.4 Å². The molecule has 0 radical (unpaired) electrons. The topological polar surface area (TPSA) is 42.0 Å². The van der Waals surface area contributed by atoms with Crippen molar-refractivity contribution in [1.82, 2.24) is 10.3 Å². The van der Waals surface area contributed by atoms with Gasteiger partial charge in [-0.15, -0.1) is 11.3 Å². The van der Waals surface area contributed by atoms with Gasteiger partial charge in [0.25, 0.3) is 5.91 Å². The first-order valence-corrected chi connectivity index (χ1v) is 8.87. The van der Waals surface area contributed by atoms with Crippen molar-refractivity contribution < 1.29 is 4.79 Å². The second kappa shape index (κ2) is 6.87. The predicted molar refractivity (Wildman–Crippen MR) is 103 cm³/mol. The van der Waals surface area contributed by atoms with Crippen LogP contribution in [0.3, 0.4) is 0 Å². The van der Waals surface area contributed by atoms with Gasteiger partial charge in [-0.2, -0.15) is 0 Å². The molecule has 0 atom stereocenters. The zero-order valence-electron chi connectivity index (χ0n) is 13.5. The molecule has 0 aliphatic rings. The van der Waals surface area contributed by atoms with Crippen LogP contribution >= 0.6 is 11.3 Å². The molecule has 0 saturated carbocycles. The summed E-state index contributed by atoms with van der Waals surface area (Å²) in [7, 11) is 0. The normalized spacial score (nSPS) is 10.7. The molecule has 1 amide bonds. The number of rotatable bonds is 4. The van der Waals surface area contributed by atoms with Gasteiger partial charge < -0.3 is 5.32 Å². The molecule has 3 nitrogen and oxygen atoms in total. The van der Waals surface area contributed by atoms with E-state index in [1.54, 1.807) is 6.20 Å². The smallest absolute Gasteiger partial charge is 0.261 e. The average molecular weight is 344 g/mol. The van der Waals surface area contributed by atoms with E-state index in [1.165, 1.54) is 11.3 Å². The molecule has 4 rings (SSSR count). The first kappa shape index (κ1) is 15.5. The van der Waals surface area contributed by atoms with Crippen LogP contribution in [0.5, 0.6) is 0 Å². The summed E-state index contributed by atoms with van der Waals surface area (Å²) in [6.07, 6.45) is 3.60. The lowest BCUT2D eigenvalue weighted by molar-refractivity contribution is 0.0955. The first-order valence-electron chi connectivity index (χ1n) is 8.06. The maximum atomic E-state index is 12.4. The number of hydrogen-bond donors (Lipinski definition) is 1. The minimum absolute atomic E-state index is 0.0343. The van der Waals surface area contributed by atoms with Gasteiger partial charge in [-0.3, -0.25) is 9.78 Å². The Bertz CT molecular complexity index is 991. The van der Waals surface area contributed by atoms with Crippen molar-refractivity contribution in [3.05, 3.63) is 89.6 Å². The zero-order valence-corrected chi connectivity index (χ0v) is 14.3. The molecular formula is C21H16N2OS. The molecule has 25 heavy (non-hydrogen) atoms. The Kier molecular flexibility index (Phi) is 4.27. The average Bonchev–Trinajstić information content (AvgIpc) is 3.11. The Hall–Kier alpha value is -2.98. The number of pyridine rings is 1. The highest BCUT2D eigenvalue weighted by Gasteiger charge is 2.10. The third-order valence-corrected chi connectivity index (χ3v) is 5.14. The predicted octanol–water partition coefficient (Wildman–Crippen LogP) is 4.89. The maximum Gasteiger partial charge on any atom is 0.261 e. The summed E-state index contributed by atoms with van der Waals surface area (Å²) in [5, 5.41) is 4.12. The molecule has 0 bridgehead atoms. The summed E-state index contributed by atoms with van der Waals surface area (Å²) in [6.45, 7) is 0.501. The second-order valence-corrected chi connectivity index (χ2v) is 6.86. The molecule has 0 unspecified atom stereocenters. The maximum absolute atomic E-state index is 12.4. The number of nitrogens with one attached hydrogen (secondary N) is 1. The lowest BCUT2D eigenvalue weighted by atomic mass is 10.0. The van der Waals surface area contributed by atoms with Gasteiger partial charge in [0.2, 0.25) is 0 Å². The summed E-state index contributed by atoms with van der Waals surface area (Å²) in [4.78, 5) is 17.3. The molecule has 0 spiro atoms. The lowest BCUT2D eigenvalue weighted by Gasteiger charge is -2.06. The van der Waals surface area contributed by atoms with Gasteiger partial charge in [0.1, 0.15) is 0 Å². The van der Waals surface area contributed by atoms with Gasteiger partial charge in [-0.25, -0.2) is 0 Å². The lowest BCUT2D eigenvalue weighted by Crippen LogP contribution is -2.21. The Morgan fingerprint density at radius 2 is 1.84 bits per heavy atom. The second-order valence-electron chi connectivity index (χ2n) is 5.77. The molecule has 4 aromatic rings. The SMILES string of the molecule is O=C(NCc1cccc(-c2cccnc2)c1)c1cc2ccccc2s1. The van der Waals surface area contributed by atoms with E-state index in [0.717, 1.165) is 31.7 Å². The van der Waals surface area contributed by atoms with E-state index in [0.29, 0.717) is 6.54 Å². The number of benzene rings is 2.